The molecule has 0 aliphatic heterocycles. The molecule has 5 aromatic rings. The summed E-state index contributed by atoms with van der Waals surface area (Å²) >= 11 is 1.59. The summed E-state index contributed by atoms with van der Waals surface area (Å²) in [5, 5.41) is 3.26. The van der Waals surface area contributed by atoms with Crippen LogP contribution >= 0.6 is 11.3 Å². The van der Waals surface area contributed by atoms with Gasteiger partial charge in [-0.1, -0.05) is 12.1 Å². The summed E-state index contributed by atoms with van der Waals surface area (Å²) in [6, 6.07) is 14.5. The number of nitrogens with one attached hydrogen (secondary N) is 1. The van der Waals surface area contributed by atoms with Crippen LogP contribution in [0.4, 0.5) is 0 Å². The minimum Gasteiger partial charge on any atom is -0.437 e. The van der Waals surface area contributed by atoms with E-state index in [0.717, 1.165) is 16.0 Å². The van der Waals surface area contributed by atoms with Crippen LogP contribution in [-0.4, -0.2) is 15.0 Å². The number of ether oxygens (including phenoxy) is 1. The van der Waals surface area contributed by atoms with E-state index in [9.17, 15) is 0 Å². The lowest BCUT2D eigenvalue weighted by atomic mass is 9.93. The van der Waals surface area contributed by atoms with Crippen LogP contribution in [0.25, 0.3) is 32.2 Å². The predicted octanol–water partition coefficient (Wildman–Crippen LogP) is 6.25. The number of benzene rings is 2. The van der Waals surface area contributed by atoms with Crippen molar-refractivity contribution in [2.75, 3.05) is 0 Å². The monoisotopic (exact) mass is 371 g/mol. The smallest absolute Gasteiger partial charge is 0.240 e. The molecule has 5 rings (SSSR count). The zero-order valence-electron chi connectivity index (χ0n) is 15.0. The lowest BCUT2D eigenvalue weighted by molar-refractivity contribution is 0.469. The van der Waals surface area contributed by atoms with Crippen molar-refractivity contribution >= 4 is 32.5 Å². The van der Waals surface area contributed by atoms with E-state index in [-0.39, 0.29) is 0 Å². The molecule has 0 radical (unpaired) electrons. The summed E-state index contributed by atoms with van der Waals surface area (Å²) in [5.41, 5.74) is 7.09. The number of fused-ring (bicyclic) bond motifs is 2. The van der Waals surface area contributed by atoms with Gasteiger partial charge in [-0.15, -0.1) is 11.3 Å². The predicted molar refractivity (Wildman–Crippen MR) is 111 cm³/mol. The molecule has 3 aromatic heterocycles. The first-order chi connectivity index (χ1) is 13.2. The Labute approximate surface area is 160 Å². The Morgan fingerprint density at radius 3 is 2.70 bits per heavy atom. The van der Waals surface area contributed by atoms with Crippen molar-refractivity contribution in [3.05, 3.63) is 71.5 Å². The molecule has 0 spiro atoms. The summed E-state index contributed by atoms with van der Waals surface area (Å²) in [5.74, 6) is 1.37. The van der Waals surface area contributed by atoms with Crippen molar-refractivity contribution in [2.45, 2.75) is 13.8 Å². The highest BCUT2D eigenvalue weighted by Gasteiger charge is 2.12. The van der Waals surface area contributed by atoms with Gasteiger partial charge in [0.15, 0.2) is 0 Å². The summed E-state index contributed by atoms with van der Waals surface area (Å²) in [6.07, 6.45) is 3.53. The SMILES string of the molecule is Cc1cc2[nH]ccc2c(C)c1-c1ccc(Oc2ncnc3ccsc23)cc1. The minimum atomic E-state index is 0.601. The standard InChI is InChI=1S/C22H17N3OS/c1-13-11-19-17(7-9-23-19)14(2)20(13)15-3-5-16(6-4-15)26-22-21-18(8-10-27-21)24-12-25-22/h3-12,23H,1-2H3. The first-order valence-corrected chi connectivity index (χ1v) is 9.62. The maximum atomic E-state index is 6.01. The molecule has 0 bridgehead atoms. The van der Waals surface area contributed by atoms with Crippen LogP contribution in [0, 0.1) is 13.8 Å². The van der Waals surface area contributed by atoms with Gasteiger partial charge in [-0.2, -0.15) is 0 Å². The molecule has 2 aromatic carbocycles. The summed E-state index contributed by atoms with van der Waals surface area (Å²) < 4.78 is 6.98. The largest absolute Gasteiger partial charge is 0.437 e. The first-order valence-electron chi connectivity index (χ1n) is 8.74. The zero-order chi connectivity index (χ0) is 18.4. The van der Waals surface area contributed by atoms with Crippen molar-refractivity contribution in [3.8, 4) is 22.8 Å². The third-order valence-corrected chi connectivity index (χ3v) is 5.77. The van der Waals surface area contributed by atoms with Gasteiger partial charge in [0.2, 0.25) is 5.88 Å². The zero-order valence-corrected chi connectivity index (χ0v) is 15.8. The van der Waals surface area contributed by atoms with Crippen LogP contribution < -0.4 is 4.74 Å². The highest BCUT2D eigenvalue weighted by molar-refractivity contribution is 7.17. The quantitative estimate of drug-likeness (QED) is 0.408. The molecular formula is C22H17N3OS. The summed E-state index contributed by atoms with van der Waals surface area (Å²) in [7, 11) is 0. The average Bonchev–Trinajstić information content (AvgIpc) is 3.33. The van der Waals surface area contributed by atoms with Crippen molar-refractivity contribution < 1.29 is 4.74 Å². The number of aryl methyl sites for hydroxylation is 2. The molecule has 0 fully saturated rings. The van der Waals surface area contributed by atoms with Crippen molar-refractivity contribution in [1.82, 2.24) is 15.0 Å². The number of H-pyrrole nitrogens is 1. The van der Waals surface area contributed by atoms with Crippen LogP contribution in [0.5, 0.6) is 11.6 Å². The van der Waals surface area contributed by atoms with E-state index in [2.05, 4.69) is 53.1 Å². The van der Waals surface area contributed by atoms with E-state index in [1.165, 1.54) is 39.5 Å². The maximum Gasteiger partial charge on any atom is 0.240 e. The van der Waals surface area contributed by atoms with Gasteiger partial charge in [-0.3, -0.25) is 0 Å². The normalized spacial score (nSPS) is 11.3. The number of hydrogen-bond acceptors (Lipinski definition) is 4. The Morgan fingerprint density at radius 2 is 1.85 bits per heavy atom. The molecule has 0 unspecified atom stereocenters. The highest BCUT2D eigenvalue weighted by Crippen LogP contribution is 2.35. The molecule has 0 amide bonds. The number of hydrogen-bond donors (Lipinski definition) is 1. The van der Waals surface area contributed by atoms with Crippen molar-refractivity contribution in [3.63, 3.8) is 0 Å². The van der Waals surface area contributed by atoms with Crippen molar-refractivity contribution in [1.29, 1.82) is 0 Å². The number of thiophene rings is 1. The molecular weight excluding hydrogens is 354 g/mol. The van der Waals surface area contributed by atoms with Gasteiger partial charge in [0.05, 0.1) is 5.52 Å². The van der Waals surface area contributed by atoms with Crippen LogP contribution in [-0.2, 0) is 0 Å². The maximum absolute atomic E-state index is 6.01. The third kappa shape index (κ3) is 2.67. The molecule has 0 atom stereocenters. The molecule has 27 heavy (non-hydrogen) atoms. The molecule has 0 saturated heterocycles. The molecule has 5 heteroatoms. The molecule has 132 valence electrons. The van der Waals surface area contributed by atoms with Crippen LogP contribution in [0.2, 0.25) is 0 Å². The van der Waals surface area contributed by atoms with Gasteiger partial charge in [0.1, 0.15) is 16.8 Å². The molecule has 3 heterocycles. The van der Waals surface area contributed by atoms with Crippen LogP contribution in [0.1, 0.15) is 11.1 Å². The molecule has 4 nitrogen and oxygen atoms in total. The highest BCUT2D eigenvalue weighted by atomic mass is 32.1. The van der Waals surface area contributed by atoms with Crippen LogP contribution in [0.3, 0.4) is 0 Å². The number of aromatic nitrogens is 3. The Hall–Kier alpha value is -3.18. The second kappa shape index (κ2) is 6.21. The van der Waals surface area contributed by atoms with E-state index in [1.807, 2.05) is 29.8 Å². The average molecular weight is 371 g/mol. The first kappa shape index (κ1) is 16.0. The lowest BCUT2D eigenvalue weighted by Crippen LogP contribution is -1.91. The number of nitrogens with zero attached hydrogens (tertiary/aromatic N) is 2. The second-order valence-electron chi connectivity index (χ2n) is 6.57. The third-order valence-electron chi connectivity index (χ3n) is 4.88. The Morgan fingerprint density at radius 1 is 1.00 bits per heavy atom. The topological polar surface area (TPSA) is 50.8 Å². The number of aromatic amines is 1. The van der Waals surface area contributed by atoms with E-state index >= 15 is 0 Å². The fraction of sp³-hybridized carbons (Fsp3) is 0.0909. The Balaban J connectivity index is 1.51. The number of rotatable bonds is 3. The summed E-state index contributed by atoms with van der Waals surface area (Å²) in [4.78, 5) is 11.8. The Bertz CT molecular complexity index is 1270. The fourth-order valence-electron chi connectivity index (χ4n) is 3.63. The van der Waals surface area contributed by atoms with Gasteiger partial charge < -0.3 is 9.72 Å². The van der Waals surface area contributed by atoms with E-state index < -0.39 is 0 Å². The van der Waals surface area contributed by atoms with E-state index in [4.69, 9.17) is 4.74 Å². The van der Waals surface area contributed by atoms with Crippen molar-refractivity contribution in [2.24, 2.45) is 0 Å². The second-order valence-corrected chi connectivity index (χ2v) is 7.49. The van der Waals surface area contributed by atoms with Gasteiger partial charge in [0.25, 0.3) is 0 Å². The lowest BCUT2D eigenvalue weighted by Gasteiger charge is -2.13. The molecule has 0 aliphatic rings. The van der Waals surface area contributed by atoms with Gasteiger partial charge in [-0.05, 0) is 71.8 Å². The molecule has 1 N–H and O–H groups in total. The minimum absolute atomic E-state index is 0.601. The fourth-order valence-corrected chi connectivity index (χ4v) is 4.40. The van der Waals surface area contributed by atoms with Gasteiger partial charge in [0, 0.05) is 17.1 Å². The van der Waals surface area contributed by atoms with E-state index in [1.54, 1.807) is 11.3 Å². The molecule has 0 aliphatic carbocycles. The molecule has 0 saturated carbocycles. The van der Waals surface area contributed by atoms with Gasteiger partial charge in [-0.25, -0.2) is 9.97 Å². The van der Waals surface area contributed by atoms with Gasteiger partial charge >= 0.3 is 0 Å². The Kier molecular flexibility index (Phi) is 3.69. The summed E-state index contributed by atoms with van der Waals surface area (Å²) in [6.45, 7) is 4.33. The van der Waals surface area contributed by atoms with Crippen LogP contribution in [0.15, 0.2) is 60.4 Å². The van der Waals surface area contributed by atoms with E-state index in [0.29, 0.717) is 5.88 Å².